The van der Waals surface area contributed by atoms with Crippen LogP contribution in [0.1, 0.15) is 0 Å². The van der Waals surface area contributed by atoms with Gasteiger partial charge in [0.25, 0.3) is 0 Å². The van der Waals surface area contributed by atoms with Crippen LogP contribution in [0.25, 0.3) is 0 Å². The van der Waals surface area contributed by atoms with E-state index < -0.39 is 0 Å². The summed E-state index contributed by atoms with van der Waals surface area (Å²) in [7, 11) is 0. The van der Waals surface area contributed by atoms with Crippen molar-refractivity contribution in [3.63, 3.8) is 0 Å². The highest BCUT2D eigenvalue weighted by Gasteiger charge is 2.13. The lowest BCUT2D eigenvalue weighted by Crippen LogP contribution is -2.41. The molecule has 0 amide bonds. The number of hydrogen-bond donors (Lipinski definition) is 1. The van der Waals surface area contributed by atoms with Gasteiger partial charge in [0, 0.05) is 18.1 Å². The Morgan fingerprint density at radius 2 is 2.33 bits per heavy atom. The maximum atomic E-state index is 13.2. The average molecular weight is 227 g/mol. The second-order valence-electron chi connectivity index (χ2n) is 3.47. The minimum Gasteiger partial charge on any atom is -0.489 e. The molecule has 1 unspecified atom stereocenters. The van der Waals surface area contributed by atoms with Gasteiger partial charge in [0.1, 0.15) is 6.61 Å². The second kappa shape index (κ2) is 5.37. The van der Waals surface area contributed by atoms with Crippen LogP contribution in [0.2, 0.25) is 0 Å². The van der Waals surface area contributed by atoms with E-state index in [1.165, 1.54) is 6.07 Å². The first-order chi connectivity index (χ1) is 7.36. The number of hydrogen-bond acceptors (Lipinski definition) is 3. The lowest BCUT2D eigenvalue weighted by Gasteiger charge is -2.23. The van der Waals surface area contributed by atoms with Crippen LogP contribution in [0.15, 0.2) is 24.3 Å². The third-order valence-corrected chi connectivity index (χ3v) is 3.41. The van der Waals surface area contributed by atoms with Crippen LogP contribution < -0.4 is 10.1 Å². The Morgan fingerprint density at radius 3 is 3.07 bits per heavy atom. The first kappa shape index (κ1) is 10.8. The number of nitrogens with one attached hydrogen (secondary N) is 1. The molecule has 1 N–H and O–H groups in total. The largest absolute Gasteiger partial charge is 0.489 e. The van der Waals surface area contributed by atoms with E-state index in [0.29, 0.717) is 18.4 Å². The van der Waals surface area contributed by atoms with E-state index in [4.69, 9.17) is 4.74 Å². The molecule has 1 heterocycles. The molecule has 1 atom stereocenters. The van der Waals surface area contributed by atoms with Crippen molar-refractivity contribution in [1.29, 1.82) is 0 Å². The van der Waals surface area contributed by atoms with Crippen LogP contribution in [0.4, 0.5) is 4.39 Å². The maximum Gasteiger partial charge on any atom is 0.165 e. The highest BCUT2D eigenvalue weighted by atomic mass is 32.2. The molecule has 82 valence electrons. The van der Waals surface area contributed by atoms with Gasteiger partial charge < -0.3 is 10.1 Å². The van der Waals surface area contributed by atoms with Crippen LogP contribution in [0, 0.1) is 5.82 Å². The Bertz CT molecular complexity index is 315. The van der Waals surface area contributed by atoms with Gasteiger partial charge in [0.05, 0.1) is 6.04 Å². The summed E-state index contributed by atoms with van der Waals surface area (Å²) in [4.78, 5) is 0. The van der Waals surface area contributed by atoms with Gasteiger partial charge in [-0.1, -0.05) is 12.1 Å². The van der Waals surface area contributed by atoms with Crippen molar-refractivity contribution in [3.8, 4) is 5.75 Å². The number of thioether (sulfide) groups is 1. The molecule has 4 heteroatoms. The molecule has 1 aromatic carbocycles. The summed E-state index contributed by atoms with van der Waals surface area (Å²) < 4.78 is 18.6. The number of para-hydroxylation sites is 1. The minimum atomic E-state index is -0.291. The Labute approximate surface area is 93.2 Å². The summed E-state index contributed by atoms with van der Waals surface area (Å²) in [5, 5.41) is 3.34. The molecule has 0 aliphatic carbocycles. The molecule has 0 saturated carbocycles. The smallest absolute Gasteiger partial charge is 0.165 e. The zero-order valence-corrected chi connectivity index (χ0v) is 9.23. The van der Waals surface area contributed by atoms with Crippen molar-refractivity contribution in [2.45, 2.75) is 6.04 Å². The van der Waals surface area contributed by atoms with Crippen molar-refractivity contribution >= 4 is 11.8 Å². The van der Waals surface area contributed by atoms with E-state index in [9.17, 15) is 4.39 Å². The van der Waals surface area contributed by atoms with E-state index >= 15 is 0 Å². The standard InChI is InChI=1S/C11H14FNOS/c12-10-3-1-2-4-11(10)14-7-9-8-15-6-5-13-9/h1-4,9,13H,5-8H2. The summed E-state index contributed by atoms with van der Waals surface area (Å²) in [6.07, 6.45) is 0. The third kappa shape index (κ3) is 3.11. The van der Waals surface area contributed by atoms with E-state index in [1.54, 1.807) is 18.2 Å². The lowest BCUT2D eigenvalue weighted by atomic mass is 10.3. The first-order valence-corrected chi connectivity index (χ1v) is 6.20. The molecular weight excluding hydrogens is 213 g/mol. The molecule has 0 spiro atoms. The molecule has 1 aliphatic rings. The van der Waals surface area contributed by atoms with Gasteiger partial charge in [-0.25, -0.2) is 4.39 Å². The van der Waals surface area contributed by atoms with E-state index in [0.717, 1.165) is 18.1 Å². The fourth-order valence-corrected chi connectivity index (χ4v) is 2.41. The van der Waals surface area contributed by atoms with Gasteiger partial charge in [-0.15, -0.1) is 0 Å². The zero-order chi connectivity index (χ0) is 10.5. The fraction of sp³-hybridized carbons (Fsp3) is 0.455. The van der Waals surface area contributed by atoms with Crippen molar-refractivity contribution in [1.82, 2.24) is 5.32 Å². The number of halogens is 1. The summed E-state index contributed by atoms with van der Waals surface area (Å²) >= 11 is 1.91. The van der Waals surface area contributed by atoms with E-state index in [2.05, 4.69) is 5.32 Å². The van der Waals surface area contributed by atoms with Crippen LogP contribution in [-0.2, 0) is 0 Å². The van der Waals surface area contributed by atoms with Crippen molar-refractivity contribution in [3.05, 3.63) is 30.1 Å². The average Bonchev–Trinajstić information content (AvgIpc) is 2.29. The van der Waals surface area contributed by atoms with Gasteiger partial charge >= 0.3 is 0 Å². The van der Waals surface area contributed by atoms with Gasteiger partial charge in [0.2, 0.25) is 0 Å². The maximum absolute atomic E-state index is 13.2. The normalized spacial score (nSPS) is 21.3. The third-order valence-electron chi connectivity index (χ3n) is 2.28. The summed E-state index contributed by atoms with van der Waals surface area (Å²) in [6.45, 7) is 1.55. The molecule has 0 radical (unpaired) electrons. The topological polar surface area (TPSA) is 21.3 Å². The Kier molecular flexibility index (Phi) is 3.86. The van der Waals surface area contributed by atoms with Gasteiger partial charge in [-0.2, -0.15) is 11.8 Å². The molecule has 2 rings (SSSR count). The Morgan fingerprint density at radius 1 is 1.47 bits per heavy atom. The van der Waals surface area contributed by atoms with Crippen LogP contribution in [0.3, 0.4) is 0 Å². The zero-order valence-electron chi connectivity index (χ0n) is 8.41. The second-order valence-corrected chi connectivity index (χ2v) is 4.62. The molecule has 0 aromatic heterocycles. The van der Waals surface area contributed by atoms with Crippen molar-refractivity contribution < 1.29 is 9.13 Å². The molecule has 1 aromatic rings. The summed E-state index contributed by atoms with van der Waals surface area (Å²) in [5.41, 5.74) is 0. The molecular formula is C11H14FNOS. The van der Waals surface area contributed by atoms with Crippen molar-refractivity contribution in [2.75, 3.05) is 24.7 Å². The van der Waals surface area contributed by atoms with Crippen LogP contribution in [-0.4, -0.2) is 30.7 Å². The van der Waals surface area contributed by atoms with E-state index in [1.807, 2.05) is 11.8 Å². The van der Waals surface area contributed by atoms with Gasteiger partial charge in [-0.05, 0) is 12.1 Å². The fourth-order valence-electron chi connectivity index (χ4n) is 1.48. The minimum absolute atomic E-state index is 0.291. The van der Waals surface area contributed by atoms with Crippen LogP contribution >= 0.6 is 11.8 Å². The molecule has 1 aliphatic heterocycles. The molecule has 1 saturated heterocycles. The summed E-state index contributed by atoms with van der Waals surface area (Å²) in [6, 6.07) is 6.85. The number of benzene rings is 1. The molecule has 2 nitrogen and oxygen atoms in total. The van der Waals surface area contributed by atoms with Gasteiger partial charge in [0.15, 0.2) is 11.6 Å². The molecule has 0 bridgehead atoms. The monoisotopic (exact) mass is 227 g/mol. The van der Waals surface area contributed by atoms with Crippen LogP contribution in [0.5, 0.6) is 5.75 Å². The van der Waals surface area contributed by atoms with Gasteiger partial charge in [-0.3, -0.25) is 0 Å². The predicted octanol–water partition coefficient (Wildman–Crippen LogP) is 1.91. The Hall–Kier alpha value is -0.740. The number of rotatable bonds is 3. The highest BCUT2D eigenvalue weighted by molar-refractivity contribution is 7.99. The number of ether oxygens (including phenoxy) is 1. The SMILES string of the molecule is Fc1ccccc1OCC1CSCCN1. The quantitative estimate of drug-likeness (QED) is 0.852. The lowest BCUT2D eigenvalue weighted by molar-refractivity contribution is 0.264. The predicted molar refractivity (Wildman–Crippen MR) is 61.0 cm³/mol. The van der Waals surface area contributed by atoms with Crippen molar-refractivity contribution in [2.24, 2.45) is 0 Å². The highest BCUT2D eigenvalue weighted by Crippen LogP contribution is 2.16. The molecule has 1 fully saturated rings. The molecule has 15 heavy (non-hydrogen) atoms. The Balaban J connectivity index is 1.84. The van der Waals surface area contributed by atoms with E-state index in [-0.39, 0.29) is 5.82 Å². The first-order valence-electron chi connectivity index (χ1n) is 5.05. The summed E-state index contributed by atoms with van der Waals surface area (Å²) in [5.74, 6) is 2.24.